The van der Waals surface area contributed by atoms with E-state index in [0.717, 1.165) is 37.8 Å². The summed E-state index contributed by atoms with van der Waals surface area (Å²) in [6, 6.07) is 0.368. The normalized spacial score (nSPS) is 25.8. The van der Waals surface area contributed by atoms with E-state index in [4.69, 9.17) is 5.73 Å². The van der Waals surface area contributed by atoms with Gasteiger partial charge in [-0.2, -0.15) is 5.10 Å². The molecule has 4 heteroatoms. The molecular weight excluding hydrogens is 214 g/mol. The highest BCUT2D eigenvalue weighted by atomic mass is 16.2. The first-order valence-electron chi connectivity index (χ1n) is 6.88. The molecule has 0 radical (unpaired) electrons. The Morgan fingerprint density at radius 3 is 2.71 bits per heavy atom. The van der Waals surface area contributed by atoms with Gasteiger partial charge in [0.25, 0.3) is 5.91 Å². The second kappa shape index (κ2) is 5.63. The van der Waals surface area contributed by atoms with Crippen molar-refractivity contribution in [2.24, 2.45) is 16.8 Å². The number of amides is 1. The number of carbonyl (C=O) groups is 1. The van der Waals surface area contributed by atoms with Crippen LogP contribution in [0.5, 0.6) is 0 Å². The first-order chi connectivity index (χ1) is 8.27. The Bertz CT molecular complexity index is 308. The Kier molecular flexibility index (Phi) is 4.15. The minimum absolute atomic E-state index is 0.0177. The molecule has 1 atom stereocenters. The molecule has 0 bridgehead atoms. The van der Waals surface area contributed by atoms with E-state index >= 15 is 0 Å². The van der Waals surface area contributed by atoms with Crippen molar-refractivity contribution in [3.8, 4) is 0 Å². The molecule has 96 valence electrons. The second-order valence-electron chi connectivity index (χ2n) is 5.05. The van der Waals surface area contributed by atoms with Crippen molar-refractivity contribution in [2.75, 3.05) is 6.54 Å². The summed E-state index contributed by atoms with van der Waals surface area (Å²) in [5.74, 6) is 0.242. The first kappa shape index (κ1) is 12.6. The van der Waals surface area contributed by atoms with Crippen molar-refractivity contribution in [3.05, 3.63) is 0 Å². The highest BCUT2D eigenvalue weighted by Crippen LogP contribution is 2.30. The van der Waals surface area contributed by atoms with Gasteiger partial charge in [-0.3, -0.25) is 4.79 Å². The van der Waals surface area contributed by atoms with Crippen molar-refractivity contribution < 1.29 is 4.79 Å². The van der Waals surface area contributed by atoms with Crippen molar-refractivity contribution in [3.63, 3.8) is 0 Å². The van der Waals surface area contributed by atoms with Crippen LogP contribution in [0.25, 0.3) is 0 Å². The number of hydrogen-bond donors (Lipinski definition) is 1. The van der Waals surface area contributed by atoms with Gasteiger partial charge >= 0.3 is 0 Å². The molecule has 17 heavy (non-hydrogen) atoms. The minimum Gasteiger partial charge on any atom is -0.330 e. The Morgan fingerprint density at radius 1 is 1.41 bits per heavy atom. The quantitative estimate of drug-likeness (QED) is 0.793. The van der Waals surface area contributed by atoms with Gasteiger partial charge in [-0.1, -0.05) is 19.8 Å². The maximum Gasteiger partial charge on any atom is 0.251 e. The van der Waals surface area contributed by atoms with Crippen molar-refractivity contribution in [1.82, 2.24) is 5.01 Å². The average Bonchev–Trinajstić information content (AvgIpc) is 2.94. The molecular formula is C13H23N3O. The van der Waals surface area contributed by atoms with Crippen LogP contribution in [0, 0.1) is 5.92 Å². The van der Waals surface area contributed by atoms with Crippen LogP contribution in [0.1, 0.15) is 51.9 Å². The van der Waals surface area contributed by atoms with Crippen LogP contribution in [0.2, 0.25) is 0 Å². The molecule has 1 heterocycles. The molecule has 0 saturated heterocycles. The summed E-state index contributed by atoms with van der Waals surface area (Å²) in [5, 5.41) is 6.35. The monoisotopic (exact) mass is 237 g/mol. The second-order valence-corrected chi connectivity index (χ2v) is 5.05. The molecule has 0 aromatic heterocycles. The number of carbonyl (C=O) groups excluding carboxylic acids is 1. The van der Waals surface area contributed by atoms with Gasteiger partial charge in [-0.25, -0.2) is 5.01 Å². The number of hydrazone groups is 1. The highest BCUT2D eigenvalue weighted by Gasteiger charge is 2.38. The van der Waals surface area contributed by atoms with Gasteiger partial charge in [0.2, 0.25) is 0 Å². The Hall–Kier alpha value is -0.900. The van der Waals surface area contributed by atoms with E-state index in [1.807, 2.05) is 0 Å². The van der Waals surface area contributed by atoms with Crippen LogP contribution in [-0.4, -0.2) is 29.2 Å². The number of rotatable bonds is 5. The standard InChI is InChI=1S/C13H23N3O/c1-2-12-11(8-5-9-14)13(17)16(15-12)10-6-3-4-7-10/h10-11H,2-9,14H2,1H3. The highest BCUT2D eigenvalue weighted by molar-refractivity contribution is 6.07. The topological polar surface area (TPSA) is 58.7 Å². The summed E-state index contributed by atoms with van der Waals surface area (Å²) in [5.41, 5.74) is 6.60. The van der Waals surface area contributed by atoms with Gasteiger partial charge in [0.15, 0.2) is 0 Å². The summed E-state index contributed by atoms with van der Waals surface area (Å²) in [6.45, 7) is 2.74. The lowest BCUT2D eigenvalue weighted by Crippen LogP contribution is -2.34. The number of nitrogens with zero attached hydrogens (tertiary/aromatic N) is 2. The zero-order valence-electron chi connectivity index (χ0n) is 10.7. The zero-order valence-corrected chi connectivity index (χ0v) is 10.7. The van der Waals surface area contributed by atoms with Crippen LogP contribution in [0.15, 0.2) is 5.10 Å². The summed E-state index contributed by atoms with van der Waals surface area (Å²) < 4.78 is 0. The largest absolute Gasteiger partial charge is 0.330 e. The molecule has 2 N–H and O–H groups in total. The molecule has 1 amide bonds. The molecule has 1 fully saturated rings. The molecule has 2 rings (SSSR count). The van der Waals surface area contributed by atoms with E-state index in [1.54, 1.807) is 5.01 Å². The molecule has 1 saturated carbocycles. The maximum absolute atomic E-state index is 12.3. The van der Waals surface area contributed by atoms with Crippen LogP contribution in [-0.2, 0) is 4.79 Å². The van der Waals surface area contributed by atoms with Gasteiger partial charge in [0.05, 0.1) is 17.7 Å². The Balaban J connectivity index is 2.05. The third-order valence-corrected chi connectivity index (χ3v) is 3.89. The SMILES string of the molecule is CCC1=NN(C2CCCC2)C(=O)C1CCCN. The zero-order chi connectivity index (χ0) is 12.3. The molecule has 0 aromatic rings. The first-order valence-corrected chi connectivity index (χ1v) is 6.88. The average molecular weight is 237 g/mol. The molecule has 1 aliphatic heterocycles. The van der Waals surface area contributed by atoms with E-state index in [-0.39, 0.29) is 11.8 Å². The molecule has 2 aliphatic rings. The lowest BCUT2D eigenvalue weighted by atomic mass is 9.95. The fraction of sp³-hybridized carbons (Fsp3) is 0.846. The van der Waals surface area contributed by atoms with Crippen LogP contribution in [0.4, 0.5) is 0 Å². The summed E-state index contributed by atoms with van der Waals surface area (Å²) in [4.78, 5) is 12.3. The lowest BCUT2D eigenvalue weighted by molar-refractivity contribution is -0.134. The van der Waals surface area contributed by atoms with Gasteiger partial charge in [0, 0.05) is 0 Å². The summed E-state index contributed by atoms with van der Waals surface area (Å²) in [6.07, 6.45) is 7.37. The van der Waals surface area contributed by atoms with Gasteiger partial charge in [-0.15, -0.1) is 0 Å². The molecule has 0 spiro atoms. The van der Waals surface area contributed by atoms with Crippen LogP contribution < -0.4 is 5.73 Å². The molecule has 1 aliphatic carbocycles. The predicted molar refractivity (Wildman–Crippen MR) is 68.6 cm³/mol. The fourth-order valence-electron chi connectivity index (χ4n) is 2.90. The fourth-order valence-corrected chi connectivity index (χ4v) is 2.90. The van der Waals surface area contributed by atoms with Crippen molar-refractivity contribution in [1.29, 1.82) is 0 Å². The summed E-state index contributed by atoms with van der Waals surface area (Å²) >= 11 is 0. The van der Waals surface area contributed by atoms with E-state index in [9.17, 15) is 4.79 Å². The minimum atomic E-state index is 0.0177. The van der Waals surface area contributed by atoms with E-state index in [1.165, 1.54) is 12.8 Å². The van der Waals surface area contributed by atoms with Crippen molar-refractivity contribution >= 4 is 11.6 Å². The Labute approximate surface area is 103 Å². The van der Waals surface area contributed by atoms with Gasteiger partial charge in [-0.05, 0) is 38.6 Å². The van der Waals surface area contributed by atoms with Crippen LogP contribution in [0.3, 0.4) is 0 Å². The third kappa shape index (κ3) is 2.51. The maximum atomic E-state index is 12.3. The lowest BCUT2D eigenvalue weighted by Gasteiger charge is -2.20. The molecule has 4 nitrogen and oxygen atoms in total. The van der Waals surface area contributed by atoms with E-state index < -0.39 is 0 Å². The smallest absolute Gasteiger partial charge is 0.251 e. The number of nitrogens with two attached hydrogens (primary N) is 1. The van der Waals surface area contributed by atoms with Crippen molar-refractivity contribution in [2.45, 2.75) is 57.9 Å². The number of hydrogen-bond acceptors (Lipinski definition) is 3. The van der Waals surface area contributed by atoms with Gasteiger partial charge in [0.1, 0.15) is 0 Å². The Morgan fingerprint density at radius 2 is 2.12 bits per heavy atom. The van der Waals surface area contributed by atoms with E-state index in [2.05, 4.69) is 12.0 Å². The van der Waals surface area contributed by atoms with Crippen LogP contribution >= 0.6 is 0 Å². The predicted octanol–water partition coefficient (Wildman–Crippen LogP) is 1.89. The van der Waals surface area contributed by atoms with Gasteiger partial charge < -0.3 is 5.73 Å². The van der Waals surface area contributed by atoms with E-state index in [0.29, 0.717) is 12.6 Å². The third-order valence-electron chi connectivity index (χ3n) is 3.89. The molecule has 0 aromatic carbocycles. The molecule has 1 unspecified atom stereocenters. The summed E-state index contributed by atoms with van der Waals surface area (Å²) in [7, 11) is 0.